The number of nitrogen functional groups attached to an aromatic ring is 1. The van der Waals surface area contributed by atoms with Crippen molar-refractivity contribution in [3.63, 3.8) is 0 Å². The predicted octanol–water partition coefficient (Wildman–Crippen LogP) is 4.14. The fourth-order valence-corrected chi connectivity index (χ4v) is 3.24. The lowest BCUT2D eigenvalue weighted by Crippen LogP contribution is -2.01. The van der Waals surface area contributed by atoms with E-state index in [9.17, 15) is 5.11 Å². The normalized spacial score (nSPS) is 11.1. The van der Waals surface area contributed by atoms with Gasteiger partial charge in [0.05, 0.1) is 11.7 Å². The van der Waals surface area contributed by atoms with E-state index in [1.165, 1.54) is 0 Å². The van der Waals surface area contributed by atoms with Crippen molar-refractivity contribution in [2.24, 2.45) is 0 Å². The van der Waals surface area contributed by atoms with E-state index in [2.05, 4.69) is 28.2 Å². The lowest BCUT2D eigenvalue weighted by molar-refractivity contribution is 0.475. The van der Waals surface area contributed by atoms with Crippen LogP contribution in [0.2, 0.25) is 0 Å². The SMILES string of the molecule is CCc1c(-c2ccc(O)cc2)cnc(N)c1-c1ccc2[nH]ncc2c1. The molecule has 0 radical (unpaired) electrons. The van der Waals surface area contributed by atoms with Gasteiger partial charge in [-0.05, 0) is 47.4 Å². The number of nitrogens with zero attached hydrogens (tertiary/aromatic N) is 2. The molecule has 5 heteroatoms. The van der Waals surface area contributed by atoms with E-state index in [4.69, 9.17) is 5.73 Å². The highest BCUT2D eigenvalue weighted by molar-refractivity contribution is 5.90. The van der Waals surface area contributed by atoms with Crippen LogP contribution in [0.3, 0.4) is 0 Å². The summed E-state index contributed by atoms with van der Waals surface area (Å²) in [4.78, 5) is 4.42. The molecule has 0 aliphatic heterocycles. The number of fused-ring (bicyclic) bond motifs is 1. The first kappa shape index (κ1) is 15.2. The van der Waals surface area contributed by atoms with Crippen molar-refractivity contribution >= 4 is 16.7 Å². The van der Waals surface area contributed by atoms with Crippen LogP contribution in [0.4, 0.5) is 5.82 Å². The summed E-state index contributed by atoms with van der Waals surface area (Å²) in [5.41, 5.74) is 12.4. The van der Waals surface area contributed by atoms with Gasteiger partial charge in [0.25, 0.3) is 0 Å². The number of aromatic hydroxyl groups is 1. The second-order valence-corrected chi connectivity index (χ2v) is 5.98. The number of nitrogens with one attached hydrogen (secondary N) is 1. The molecule has 0 atom stereocenters. The monoisotopic (exact) mass is 330 g/mol. The van der Waals surface area contributed by atoms with E-state index < -0.39 is 0 Å². The van der Waals surface area contributed by atoms with Crippen molar-refractivity contribution in [3.8, 4) is 28.0 Å². The van der Waals surface area contributed by atoms with Gasteiger partial charge in [-0.1, -0.05) is 25.1 Å². The summed E-state index contributed by atoms with van der Waals surface area (Å²) in [6.45, 7) is 2.11. The molecule has 0 saturated heterocycles. The third-order valence-corrected chi connectivity index (χ3v) is 4.48. The Labute approximate surface area is 145 Å². The summed E-state index contributed by atoms with van der Waals surface area (Å²) in [6.07, 6.45) is 4.43. The van der Waals surface area contributed by atoms with Gasteiger partial charge in [-0.15, -0.1) is 0 Å². The van der Waals surface area contributed by atoms with Crippen LogP contribution >= 0.6 is 0 Å². The number of benzene rings is 2. The Kier molecular flexibility index (Phi) is 3.61. The van der Waals surface area contributed by atoms with Gasteiger partial charge >= 0.3 is 0 Å². The summed E-state index contributed by atoms with van der Waals surface area (Å²) in [7, 11) is 0. The van der Waals surface area contributed by atoms with Gasteiger partial charge in [-0.2, -0.15) is 5.10 Å². The van der Waals surface area contributed by atoms with E-state index in [1.54, 1.807) is 24.5 Å². The maximum atomic E-state index is 9.54. The summed E-state index contributed by atoms with van der Waals surface area (Å²) in [5, 5.41) is 17.6. The second kappa shape index (κ2) is 5.94. The molecular formula is C20H18N4O. The Hall–Kier alpha value is -3.34. The predicted molar refractivity (Wildman–Crippen MR) is 100 cm³/mol. The number of aromatic amines is 1. The van der Waals surface area contributed by atoms with Crippen LogP contribution in [-0.4, -0.2) is 20.3 Å². The molecule has 4 rings (SSSR count). The van der Waals surface area contributed by atoms with Crippen molar-refractivity contribution in [3.05, 3.63) is 60.4 Å². The number of hydrogen-bond acceptors (Lipinski definition) is 4. The molecule has 0 aliphatic rings. The van der Waals surface area contributed by atoms with Crippen LogP contribution in [0, 0.1) is 0 Å². The highest BCUT2D eigenvalue weighted by atomic mass is 16.3. The fraction of sp³-hybridized carbons (Fsp3) is 0.100. The molecule has 4 aromatic rings. The molecule has 25 heavy (non-hydrogen) atoms. The van der Waals surface area contributed by atoms with Gasteiger partial charge in [0.15, 0.2) is 0 Å². The zero-order chi connectivity index (χ0) is 17.4. The number of pyridine rings is 1. The molecule has 4 N–H and O–H groups in total. The molecule has 2 aromatic carbocycles. The molecule has 0 spiro atoms. The number of phenols is 1. The van der Waals surface area contributed by atoms with Crippen LogP contribution in [-0.2, 0) is 6.42 Å². The lowest BCUT2D eigenvalue weighted by Gasteiger charge is -2.16. The summed E-state index contributed by atoms with van der Waals surface area (Å²) >= 11 is 0. The van der Waals surface area contributed by atoms with Gasteiger partial charge in [0.2, 0.25) is 0 Å². The lowest BCUT2D eigenvalue weighted by atomic mass is 9.91. The summed E-state index contributed by atoms with van der Waals surface area (Å²) in [5.74, 6) is 0.762. The Morgan fingerprint density at radius 3 is 2.56 bits per heavy atom. The third-order valence-electron chi connectivity index (χ3n) is 4.48. The van der Waals surface area contributed by atoms with Crippen LogP contribution in [0.15, 0.2) is 54.9 Å². The maximum Gasteiger partial charge on any atom is 0.131 e. The van der Waals surface area contributed by atoms with Crippen LogP contribution in [0.5, 0.6) is 5.75 Å². The Morgan fingerprint density at radius 1 is 1.04 bits per heavy atom. The minimum absolute atomic E-state index is 0.246. The summed E-state index contributed by atoms with van der Waals surface area (Å²) < 4.78 is 0. The number of phenolic OH excluding ortho intramolecular Hbond substituents is 1. The number of aromatic nitrogens is 3. The first-order valence-corrected chi connectivity index (χ1v) is 8.17. The van der Waals surface area contributed by atoms with Crippen molar-refractivity contribution in [2.45, 2.75) is 13.3 Å². The summed E-state index contributed by atoms with van der Waals surface area (Å²) in [6, 6.07) is 13.3. The Morgan fingerprint density at radius 2 is 1.80 bits per heavy atom. The van der Waals surface area contributed by atoms with Crippen LogP contribution in [0.25, 0.3) is 33.2 Å². The van der Waals surface area contributed by atoms with Gasteiger partial charge in [0, 0.05) is 22.7 Å². The third kappa shape index (κ3) is 2.59. The minimum Gasteiger partial charge on any atom is -0.508 e. The van der Waals surface area contributed by atoms with Gasteiger partial charge < -0.3 is 10.8 Å². The Bertz CT molecular complexity index is 1050. The Balaban J connectivity index is 1.94. The van der Waals surface area contributed by atoms with E-state index >= 15 is 0 Å². The van der Waals surface area contributed by atoms with Gasteiger partial charge in [-0.25, -0.2) is 4.98 Å². The first-order chi connectivity index (χ1) is 12.2. The number of rotatable bonds is 3. The number of H-pyrrole nitrogens is 1. The molecule has 0 amide bonds. The zero-order valence-corrected chi connectivity index (χ0v) is 13.8. The fourth-order valence-electron chi connectivity index (χ4n) is 3.24. The van der Waals surface area contributed by atoms with Crippen LogP contribution in [0.1, 0.15) is 12.5 Å². The topological polar surface area (TPSA) is 87.8 Å². The molecule has 2 aromatic heterocycles. The minimum atomic E-state index is 0.246. The standard InChI is InChI=1S/C20H18N4O/c1-2-16-17(12-3-6-15(25)7-4-12)11-22-20(21)19(16)13-5-8-18-14(9-13)10-23-24-18/h3-11,25H,2H2,1H3,(H2,21,22)(H,23,24). The second-order valence-electron chi connectivity index (χ2n) is 5.98. The first-order valence-electron chi connectivity index (χ1n) is 8.17. The zero-order valence-electron chi connectivity index (χ0n) is 13.8. The van der Waals surface area contributed by atoms with E-state index in [1.807, 2.05) is 24.3 Å². The molecule has 2 heterocycles. The number of hydrogen-bond donors (Lipinski definition) is 3. The van der Waals surface area contributed by atoms with E-state index in [0.717, 1.165) is 45.1 Å². The molecule has 0 bridgehead atoms. The van der Waals surface area contributed by atoms with Crippen LogP contribution < -0.4 is 5.73 Å². The average molecular weight is 330 g/mol. The van der Waals surface area contributed by atoms with Crippen molar-refractivity contribution in [1.82, 2.24) is 15.2 Å². The number of anilines is 1. The van der Waals surface area contributed by atoms with Gasteiger partial charge in [-0.3, -0.25) is 5.10 Å². The van der Waals surface area contributed by atoms with Gasteiger partial charge in [0.1, 0.15) is 11.6 Å². The van der Waals surface area contributed by atoms with Crippen molar-refractivity contribution in [1.29, 1.82) is 0 Å². The van der Waals surface area contributed by atoms with E-state index in [0.29, 0.717) is 5.82 Å². The van der Waals surface area contributed by atoms with E-state index in [-0.39, 0.29) is 5.75 Å². The highest BCUT2D eigenvalue weighted by Crippen LogP contribution is 2.37. The molecular weight excluding hydrogens is 312 g/mol. The number of nitrogens with two attached hydrogens (primary N) is 1. The maximum absolute atomic E-state index is 9.54. The molecule has 0 aliphatic carbocycles. The van der Waals surface area contributed by atoms with Crippen molar-refractivity contribution < 1.29 is 5.11 Å². The molecule has 124 valence electrons. The largest absolute Gasteiger partial charge is 0.508 e. The molecule has 0 saturated carbocycles. The average Bonchev–Trinajstić information content (AvgIpc) is 3.10. The smallest absolute Gasteiger partial charge is 0.131 e. The quantitative estimate of drug-likeness (QED) is 0.527. The van der Waals surface area contributed by atoms with Crippen molar-refractivity contribution in [2.75, 3.05) is 5.73 Å². The molecule has 0 fully saturated rings. The highest BCUT2D eigenvalue weighted by Gasteiger charge is 2.15. The molecule has 0 unspecified atom stereocenters. The molecule has 5 nitrogen and oxygen atoms in total.